The van der Waals surface area contributed by atoms with Crippen LogP contribution in [0.5, 0.6) is 5.88 Å². The number of benzene rings is 2. The van der Waals surface area contributed by atoms with Gasteiger partial charge in [-0.05, 0) is 36.6 Å². The highest BCUT2D eigenvalue weighted by Gasteiger charge is 2.24. The molecule has 2 aliphatic heterocycles. The fraction of sp³-hybridized carbons (Fsp3) is 0.316. The second kappa shape index (κ2) is 15.5. The van der Waals surface area contributed by atoms with E-state index >= 15 is 0 Å². The second-order valence-electron chi connectivity index (χ2n) is 12.8. The van der Waals surface area contributed by atoms with Gasteiger partial charge in [-0.3, -0.25) is 14.0 Å². The van der Waals surface area contributed by atoms with Crippen molar-refractivity contribution in [1.82, 2.24) is 30.3 Å². The van der Waals surface area contributed by atoms with Crippen LogP contribution in [0.4, 0.5) is 0 Å². The molecule has 3 aromatic heterocycles. The van der Waals surface area contributed by atoms with Crippen molar-refractivity contribution in [1.29, 1.82) is 0 Å². The van der Waals surface area contributed by atoms with Crippen molar-refractivity contribution in [3.8, 4) is 39.4 Å². The summed E-state index contributed by atoms with van der Waals surface area (Å²) in [6, 6.07) is 19.1. The number of carbonyl (C=O) groups is 1. The molecule has 7 rings (SSSR count). The molecule has 264 valence electrons. The maximum atomic E-state index is 13.3. The summed E-state index contributed by atoms with van der Waals surface area (Å²) in [5.74, 6) is 0.580. The lowest BCUT2D eigenvalue weighted by molar-refractivity contribution is -0.119. The Hall–Kier alpha value is -4.36. The molecule has 1 amide bonds. The van der Waals surface area contributed by atoms with E-state index in [1.165, 1.54) is 4.40 Å². The largest absolute Gasteiger partial charge is 0.481 e. The van der Waals surface area contributed by atoms with Gasteiger partial charge in [-0.25, -0.2) is 9.97 Å². The molecule has 0 aliphatic carbocycles. The number of hydrogen-bond donors (Lipinski definition) is 4. The van der Waals surface area contributed by atoms with Gasteiger partial charge in [0.25, 0.3) is 5.56 Å². The molecule has 5 heterocycles. The number of aliphatic hydroxyl groups excluding tert-OH is 1. The van der Waals surface area contributed by atoms with Crippen molar-refractivity contribution in [3.63, 3.8) is 0 Å². The Bertz CT molecular complexity index is 2140. The molecule has 0 bridgehead atoms. The summed E-state index contributed by atoms with van der Waals surface area (Å²) >= 11 is 14.2. The summed E-state index contributed by atoms with van der Waals surface area (Å²) < 4.78 is 12.5. The molecule has 11 nitrogen and oxygen atoms in total. The summed E-state index contributed by atoms with van der Waals surface area (Å²) in [7, 11) is 1.59. The molecule has 5 aromatic rings. The molecule has 0 saturated carbocycles. The van der Waals surface area contributed by atoms with E-state index in [-0.39, 0.29) is 36.7 Å². The highest BCUT2D eigenvalue weighted by molar-refractivity contribution is 6.39. The van der Waals surface area contributed by atoms with Crippen LogP contribution in [0.2, 0.25) is 10.0 Å². The first kappa shape index (κ1) is 35.1. The van der Waals surface area contributed by atoms with Gasteiger partial charge in [-0.1, -0.05) is 65.7 Å². The second-order valence-corrected chi connectivity index (χ2v) is 13.5. The molecule has 0 spiro atoms. The Morgan fingerprint density at radius 3 is 2.49 bits per heavy atom. The van der Waals surface area contributed by atoms with Gasteiger partial charge >= 0.3 is 0 Å². The quantitative estimate of drug-likeness (QED) is 0.148. The van der Waals surface area contributed by atoms with E-state index in [1.54, 1.807) is 19.5 Å². The Kier molecular flexibility index (Phi) is 10.6. The molecule has 2 fully saturated rings. The number of pyridine rings is 2. The number of fused-ring (bicyclic) bond motifs is 1. The first-order valence-corrected chi connectivity index (χ1v) is 17.7. The van der Waals surface area contributed by atoms with Crippen molar-refractivity contribution in [3.05, 3.63) is 105 Å². The van der Waals surface area contributed by atoms with Gasteiger partial charge in [0, 0.05) is 85.0 Å². The summed E-state index contributed by atoms with van der Waals surface area (Å²) in [4.78, 5) is 34.2. The van der Waals surface area contributed by atoms with Crippen molar-refractivity contribution >= 4 is 34.8 Å². The predicted molar refractivity (Wildman–Crippen MR) is 197 cm³/mol. The van der Waals surface area contributed by atoms with E-state index in [9.17, 15) is 14.7 Å². The minimum absolute atomic E-state index is 0.0916. The first-order chi connectivity index (χ1) is 24.8. The van der Waals surface area contributed by atoms with Gasteiger partial charge in [-0.2, -0.15) is 0 Å². The van der Waals surface area contributed by atoms with E-state index in [0.717, 1.165) is 39.8 Å². The SMILES string of the molecule is COc1nc(-c2cccc(-c3cccc(-c4ccn5c(=O)c(CN[C@H]6CCOC[C@@H]6O)cnc5c4)c3Cl)c2Cl)ccc1CNC[C@@H]1CCC(=O)N1. The Morgan fingerprint density at radius 2 is 1.75 bits per heavy atom. The fourth-order valence-electron chi connectivity index (χ4n) is 6.65. The van der Waals surface area contributed by atoms with Gasteiger partial charge in [-0.15, -0.1) is 0 Å². The van der Waals surface area contributed by atoms with Crippen molar-refractivity contribution in [2.24, 2.45) is 0 Å². The van der Waals surface area contributed by atoms with Crippen molar-refractivity contribution in [2.45, 2.75) is 50.5 Å². The molecule has 0 unspecified atom stereocenters. The molecule has 3 atom stereocenters. The highest BCUT2D eigenvalue weighted by Crippen LogP contribution is 2.42. The first-order valence-electron chi connectivity index (χ1n) is 16.9. The Balaban J connectivity index is 1.12. The molecule has 2 saturated heterocycles. The van der Waals surface area contributed by atoms with E-state index in [0.29, 0.717) is 65.4 Å². The zero-order chi connectivity index (χ0) is 35.5. The third kappa shape index (κ3) is 7.50. The van der Waals surface area contributed by atoms with Crippen LogP contribution in [-0.4, -0.2) is 70.4 Å². The topological polar surface area (TPSA) is 139 Å². The van der Waals surface area contributed by atoms with Gasteiger partial charge < -0.3 is 30.5 Å². The lowest BCUT2D eigenvalue weighted by Crippen LogP contribution is -2.46. The predicted octanol–water partition coefficient (Wildman–Crippen LogP) is 5.01. The summed E-state index contributed by atoms with van der Waals surface area (Å²) in [5.41, 5.74) is 6.13. The van der Waals surface area contributed by atoms with Crippen molar-refractivity contribution in [2.75, 3.05) is 26.9 Å². The third-order valence-electron chi connectivity index (χ3n) is 9.46. The molecular weight excluding hydrogens is 691 g/mol. The minimum Gasteiger partial charge on any atom is -0.481 e. The van der Waals surface area contributed by atoms with Gasteiger partial charge in [0.1, 0.15) is 5.65 Å². The number of carbonyl (C=O) groups excluding carboxylic acids is 1. The number of nitrogens with zero attached hydrogens (tertiary/aromatic N) is 3. The molecule has 2 aromatic carbocycles. The molecule has 13 heteroatoms. The number of aliphatic hydroxyl groups is 1. The molecule has 4 N–H and O–H groups in total. The number of ether oxygens (including phenoxy) is 2. The average Bonchev–Trinajstić information content (AvgIpc) is 3.57. The van der Waals surface area contributed by atoms with Gasteiger partial charge in [0.05, 0.1) is 41.1 Å². The van der Waals surface area contributed by atoms with Crippen LogP contribution in [-0.2, 0) is 22.6 Å². The average molecular weight is 730 g/mol. The third-order valence-corrected chi connectivity index (χ3v) is 10.3. The van der Waals surface area contributed by atoms with Crippen LogP contribution in [0.1, 0.15) is 30.4 Å². The van der Waals surface area contributed by atoms with E-state index < -0.39 is 6.10 Å². The molecule has 51 heavy (non-hydrogen) atoms. The van der Waals surface area contributed by atoms with Crippen LogP contribution >= 0.6 is 23.2 Å². The maximum absolute atomic E-state index is 13.3. The number of aromatic nitrogens is 3. The number of nitrogens with one attached hydrogen (secondary N) is 3. The Morgan fingerprint density at radius 1 is 0.980 bits per heavy atom. The summed E-state index contributed by atoms with van der Waals surface area (Å²) in [6.45, 7) is 2.34. The standard InChI is InChI=1S/C38H38Cl2N6O5/c1-50-37-23(17-41-20-25-9-11-34(48)44-25)8-10-30(45-37)29-7-3-6-28(36(29)40)27-5-2-4-26(35(27)39)22-12-14-46-33(16-22)43-19-24(38(46)49)18-42-31-13-15-51-21-32(31)47/h2-8,10,12,14,16,19,25,31-32,41-42,47H,9,11,13,15,17-18,20-21H2,1H3,(H,44,48)/t25-,31-,32-/m0/s1. The molecule has 0 radical (unpaired) electrons. The normalized spacial score (nSPS) is 19.0. The van der Waals surface area contributed by atoms with E-state index in [4.69, 9.17) is 37.7 Å². The minimum atomic E-state index is -0.616. The lowest BCUT2D eigenvalue weighted by Gasteiger charge is -2.28. The fourth-order valence-corrected chi connectivity index (χ4v) is 7.31. The zero-order valence-corrected chi connectivity index (χ0v) is 29.5. The summed E-state index contributed by atoms with van der Waals surface area (Å²) in [5, 5.41) is 20.8. The number of hydrogen-bond acceptors (Lipinski definition) is 9. The Labute approximate surface area is 305 Å². The zero-order valence-electron chi connectivity index (χ0n) is 28.0. The molecule has 2 aliphatic rings. The maximum Gasteiger partial charge on any atom is 0.262 e. The van der Waals surface area contributed by atoms with E-state index in [2.05, 4.69) is 20.9 Å². The number of halogens is 2. The van der Waals surface area contributed by atoms with Crippen LogP contribution in [0.3, 0.4) is 0 Å². The summed E-state index contributed by atoms with van der Waals surface area (Å²) in [6.07, 6.45) is 4.72. The van der Waals surface area contributed by atoms with Crippen molar-refractivity contribution < 1.29 is 19.4 Å². The van der Waals surface area contributed by atoms with Crippen LogP contribution in [0.15, 0.2) is 77.9 Å². The van der Waals surface area contributed by atoms with E-state index in [1.807, 2.05) is 60.7 Å². The lowest BCUT2D eigenvalue weighted by atomic mass is 9.97. The van der Waals surface area contributed by atoms with Crippen LogP contribution in [0.25, 0.3) is 39.2 Å². The number of methoxy groups -OCH3 is 1. The van der Waals surface area contributed by atoms with Gasteiger partial charge in [0.15, 0.2) is 0 Å². The smallest absolute Gasteiger partial charge is 0.262 e. The number of rotatable bonds is 11. The van der Waals surface area contributed by atoms with Crippen LogP contribution in [0, 0.1) is 0 Å². The van der Waals surface area contributed by atoms with Gasteiger partial charge in [0.2, 0.25) is 11.8 Å². The highest BCUT2D eigenvalue weighted by atomic mass is 35.5. The monoisotopic (exact) mass is 728 g/mol. The molecular formula is C38H38Cl2N6O5. The number of amides is 1. The van der Waals surface area contributed by atoms with Crippen LogP contribution < -0.4 is 26.2 Å².